The summed E-state index contributed by atoms with van der Waals surface area (Å²) in [6.45, 7) is 8.03. The molecule has 2 atom stereocenters. The first-order valence-corrected chi connectivity index (χ1v) is 6.65. The van der Waals surface area contributed by atoms with Crippen LogP contribution in [0.3, 0.4) is 0 Å². The van der Waals surface area contributed by atoms with Crippen molar-refractivity contribution in [2.75, 3.05) is 19.7 Å². The van der Waals surface area contributed by atoms with E-state index in [1.165, 1.54) is 19.3 Å². The van der Waals surface area contributed by atoms with E-state index < -0.39 is 6.10 Å². The molecule has 0 amide bonds. The van der Waals surface area contributed by atoms with Crippen LogP contribution in [0.4, 0.5) is 0 Å². The van der Waals surface area contributed by atoms with E-state index in [9.17, 15) is 5.11 Å². The lowest BCUT2D eigenvalue weighted by Gasteiger charge is -2.23. The minimum atomic E-state index is -0.409. The topological polar surface area (TPSA) is 41.5 Å². The van der Waals surface area contributed by atoms with E-state index in [2.05, 4.69) is 17.5 Å². The van der Waals surface area contributed by atoms with Gasteiger partial charge in [-0.05, 0) is 52.5 Å². The summed E-state index contributed by atoms with van der Waals surface area (Å²) in [5.74, 6) is 0.732. The van der Waals surface area contributed by atoms with E-state index in [0.717, 1.165) is 12.5 Å². The predicted molar refractivity (Wildman–Crippen MR) is 71.1 cm³/mol. The maximum absolute atomic E-state index is 9.74. The van der Waals surface area contributed by atoms with E-state index in [0.29, 0.717) is 13.2 Å². The minimum Gasteiger partial charge on any atom is -0.389 e. The van der Waals surface area contributed by atoms with E-state index in [-0.39, 0.29) is 5.60 Å². The smallest absolute Gasteiger partial charge is 0.0897 e. The van der Waals surface area contributed by atoms with Crippen molar-refractivity contribution in [3.05, 3.63) is 12.2 Å². The molecule has 0 aliphatic heterocycles. The molecule has 1 rings (SSSR count). The van der Waals surface area contributed by atoms with Crippen molar-refractivity contribution in [3.8, 4) is 0 Å². The van der Waals surface area contributed by atoms with Gasteiger partial charge in [-0.15, -0.1) is 0 Å². The summed E-state index contributed by atoms with van der Waals surface area (Å²) in [7, 11) is 0. The second kappa shape index (κ2) is 7.14. The van der Waals surface area contributed by atoms with Gasteiger partial charge in [0.2, 0.25) is 0 Å². The quantitative estimate of drug-likeness (QED) is 0.700. The maximum Gasteiger partial charge on any atom is 0.0897 e. The largest absolute Gasteiger partial charge is 0.389 e. The fourth-order valence-electron chi connectivity index (χ4n) is 1.90. The van der Waals surface area contributed by atoms with Crippen LogP contribution in [0.1, 0.15) is 40.0 Å². The maximum atomic E-state index is 9.74. The number of hydrogen-bond acceptors (Lipinski definition) is 3. The lowest BCUT2D eigenvalue weighted by Crippen LogP contribution is -2.35. The van der Waals surface area contributed by atoms with E-state index in [1.807, 2.05) is 20.8 Å². The Bertz CT molecular complexity index is 233. The molecule has 0 radical (unpaired) electrons. The molecule has 3 nitrogen and oxygen atoms in total. The van der Waals surface area contributed by atoms with E-state index in [1.54, 1.807) is 0 Å². The molecule has 2 unspecified atom stereocenters. The monoisotopic (exact) mass is 241 g/mol. The minimum absolute atomic E-state index is 0.171. The fraction of sp³-hybridized carbons (Fsp3) is 0.857. The van der Waals surface area contributed by atoms with Gasteiger partial charge in [-0.25, -0.2) is 0 Å². The molecule has 100 valence electrons. The van der Waals surface area contributed by atoms with Gasteiger partial charge in [-0.2, -0.15) is 0 Å². The molecule has 0 aromatic carbocycles. The van der Waals surface area contributed by atoms with Gasteiger partial charge >= 0.3 is 0 Å². The molecule has 0 spiro atoms. The van der Waals surface area contributed by atoms with E-state index in [4.69, 9.17) is 4.74 Å². The molecule has 17 heavy (non-hydrogen) atoms. The summed E-state index contributed by atoms with van der Waals surface area (Å²) in [5, 5.41) is 13.1. The molecule has 0 saturated carbocycles. The van der Waals surface area contributed by atoms with Crippen LogP contribution in [0.5, 0.6) is 0 Å². The first-order valence-electron chi connectivity index (χ1n) is 6.65. The molecule has 0 aromatic rings. The molecular formula is C14H27NO2. The number of hydrogen-bond donors (Lipinski definition) is 2. The van der Waals surface area contributed by atoms with Crippen molar-refractivity contribution < 1.29 is 9.84 Å². The molecule has 3 heteroatoms. The van der Waals surface area contributed by atoms with Gasteiger partial charge in [0.15, 0.2) is 0 Å². The third-order valence-corrected chi connectivity index (χ3v) is 2.90. The second-order valence-corrected chi connectivity index (χ2v) is 5.89. The number of ether oxygens (including phenoxy) is 1. The summed E-state index contributed by atoms with van der Waals surface area (Å²) in [6.07, 6.45) is 7.73. The average Bonchev–Trinajstić information content (AvgIpc) is 2.27. The SMILES string of the molecule is CC(C)(C)OCC(O)CNCC1CC=CCC1. The third kappa shape index (κ3) is 7.53. The second-order valence-electron chi connectivity index (χ2n) is 5.89. The van der Waals surface area contributed by atoms with Gasteiger partial charge < -0.3 is 15.2 Å². The Balaban J connectivity index is 2.03. The molecule has 1 aliphatic rings. The zero-order chi connectivity index (χ0) is 12.7. The van der Waals surface area contributed by atoms with Crippen LogP contribution in [0, 0.1) is 5.92 Å². The number of aliphatic hydroxyl groups excluding tert-OH is 1. The normalized spacial score (nSPS) is 22.7. The zero-order valence-electron chi connectivity index (χ0n) is 11.4. The lowest BCUT2D eigenvalue weighted by atomic mass is 9.94. The van der Waals surface area contributed by atoms with Crippen LogP contribution in [0.2, 0.25) is 0 Å². The van der Waals surface area contributed by atoms with Gasteiger partial charge in [0.25, 0.3) is 0 Å². The summed E-state index contributed by atoms with van der Waals surface area (Å²) in [6, 6.07) is 0. The summed E-state index contributed by atoms with van der Waals surface area (Å²) < 4.78 is 5.53. The molecule has 0 heterocycles. The summed E-state index contributed by atoms with van der Waals surface area (Å²) in [4.78, 5) is 0. The highest BCUT2D eigenvalue weighted by Crippen LogP contribution is 2.16. The highest BCUT2D eigenvalue weighted by Gasteiger charge is 2.14. The van der Waals surface area contributed by atoms with Crippen molar-refractivity contribution in [3.63, 3.8) is 0 Å². The zero-order valence-corrected chi connectivity index (χ0v) is 11.4. The van der Waals surface area contributed by atoms with Crippen LogP contribution in [0.25, 0.3) is 0 Å². The Labute approximate surface area is 105 Å². The molecule has 0 saturated heterocycles. The van der Waals surface area contributed by atoms with Gasteiger partial charge in [-0.1, -0.05) is 12.2 Å². The average molecular weight is 241 g/mol. The number of allylic oxidation sites excluding steroid dienone is 2. The van der Waals surface area contributed by atoms with Crippen LogP contribution < -0.4 is 5.32 Å². The third-order valence-electron chi connectivity index (χ3n) is 2.90. The Kier molecular flexibility index (Phi) is 6.17. The standard InChI is InChI=1S/C14H27NO2/c1-14(2,3)17-11-13(16)10-15-9-12-7-5-4-6-8-12/h4-5,12-13,15-16H,6-11H2,1-3H3. The Morgan fingerprint density at radius 3 is 2.76 bits per heavy atom. The van der Waals surface area contributed by atoms with Crippen LogP contribution in [-0.4, -0.2) is 36.5 Å². The first-order chi connectivity index (χ1) is 7.97. The predicted octanol–water partition coefficient (Wildman–Crippen LogP) is 2.11. The number of nitrogens with one attached hydrogen (secondary N) is 1. The number of rotatable bonds is 6. The molecule has 0 fully saturated rings. The Hall–Kier alpha value is -0.380. The summed E-state index contributed by atoms with van der Waals surface area (Å²) >= 11 is 0. The molecule has 1 aliphatic carbocycles. The Morgan fingerprint density at radius 1 is 1.41 bits per heavy atom. The van der Waals surface area contributed by atoms with Crippen molar-refractivity contribution in [1.82, 2.24) is 5.32 Å². The first kappa shape index (κ1) is 14.7. The van der Waals surface area contributed by atoms with Gasteiger partial charge in [0, 0.05) is 6.54 Å². The van der Waals surface area contributed by atoms with Crippen molar-refractivity contribution >= 4 is 0 Å². The highest BCUT2D eigenvalue weighted by molar-refractivity contribution is 4.90. The fourth-order valence-corrected chi connectivity index (χ4v) is 1.90. The van der Waals surface area contributed by atoms with Gasteiger partial charge in [0.05, 0.1) is 18.3 Å². The van der Waals surface area contributed by atoms with Gasteiger partial charge in [-0.3, -0.25) is 0 Å². The van der Waals surface area contributed by atoms with Crippen LogP contribution in [-0.2, 0) is 4.74 Å². The molecule has 0 bridgehead atoms. The number of aliphatic hydroxyl groups is 1. The summed E-state index contributed by atoms with van der Waals surface area (Å²) in [5.41, 5.74) is -0.171. The van der Waals surface area contributed by atoms with Crippen LogP contribution >= 0.6 is 0 Å². The highest BCUT2D eigenvalue weighted by atomic mass is 16.5. The van der Waals surface area contributed by atoms with Crippen molar-refractivity contribution in [2.24, 2.45) is 5.92 Å². The Morgan fingerprint density at radius 2 is 2.18 bits per heavy atom. The molecule has 0 aromatic heterocycles. The van der Waals surface area contributed by atoms with E-state index >= 15 is 0 Å². The molecule has 2 N–H and O–H groups in total. The van der Waals surface area contributed by atoms with Gasteiger partial charge in [0.1, 0.15) is 0 Å². The van der Waals surface area contributed by atoms with Crippen LogP contribution in [0.15, 0.2) is 12.2 Å². The van der Waals surface area contributed by atoms with Crippen molar-refractivity contribution in [2.45, 2.75) is 51.7 Å². The van der Waals surface area contributed by atoms with Crippen molar-refractivity contribution in [1.29, 1.82) is 0 Å². The lowest BCUT2D eigenvalue weighted by molar-refractivity contribution is -0.0479. The molecular weight excluding hydrogens is 214 g/mol.